The second kappa shape index (κ2) is 13.0. The van der Waals surface area contributed by atoms with E-state index in [1.807, 2.05) is 0 Å². The Hall–Kier alpha value is -0.280. The largest absolute Gasteiger partial charge is 0.396 e. The van der Waals surface area contributed by atoms with Gasteiger partial charge in [-0.25, -0.2) is 0 Å². The summed E-state index contributed by atoms with van der Waals surface area (Å²) in [5.74, 6) is 0. The van der Waals surface area contributed by atoms with Gasteiger partial charge in [-0.05, 0) is 25.7 Å². The van der Waals surface area contributed by atoms with Crippen molar-refractivity contribution >= 4 is 0 Å². The number of rotatable bonds is 14. The van der Waals surface area contributed by atoms with Crippen LogP contribution in [0.3, 0.4) is 0 Å². The van der Waals surface area contributed by atoms with Gasteiger partial charge in [0.1, 0.15) is 0 Å². The second-order valence-corrected chi connectivity index (χ2v) is 7.25. The zero-order chi connectivity index (χ0) is 18.7. The van der Waals surface area contributed by atoms with Gasteiger partial charge in [-0.1, -0.05) is 38.5 Å². The van der Waals surface area contributed by atoms with Crippen LogP contribution in [-0.4, -0.2) is 80.4 Å². The van der Waals surface area contributed by atoms with Gasteiger partial charge in [0.2, 0.25) is 0 Å². The van der Waals surface area contributed by atoms with E-state index in [-0.39, 0.29) is 19.3 Å². The number of aliphatic hydroxyl groups excluding tert-OH is 6. The normalized spacial score (nSPS) is 29.0. The van der Waals surface area contributed by atoms with Crippen LogP contribution in [0.1, 0.15) is 64.2 Å². The number of hydrogen-bond donors (Lipinski definition) is 7. The molecule has 1 heterocycles. The molecule has 1 aliphatic heterocycles. The van der Waals surface area contributed by atoms with E-state index in [1.165, 1.54) is 0 Å². The lowest BCUT2D eigenvalue weighted by molar-refractivity contribution is -0.00443. The third-order valence-corrected chi connectivity index (χ3v) is 5.13. The molecule has 6 atom stereocenters. The lowest BCUT2D eigenvalue weighted by Crippen LogP contribution is -2.44. The van der Waals surface area contributed by atoms with Crippen molar-refractivity contribution < 1.29 is 30.6 Å². The van der Waals surface area contributed by atoms with Crippen molar-refractivity contribution in [3.05, 3.63) is 0 Å². The highest BCUT2D eigenvalue weighted by Crippen LogP contribution is 2.20. The summed E-state index contributed by atoms with van der Waals surface area (Å²) in [6.45, 7) is -0.133. The maximum atomic E-state index is 10.2. The van der Waals surface area contributed by atoms with Crippen LogP contribution < -0.4 is 5.32 Å². The molecule has 0 aromatic carbocycles. The maximum absolute atomic E-state index is 10.2. The molecule has 1 rings (SSSR count). The van der Waals surface area contributed by atoms with Crippen molar-refractivity contribution in [2.24, 2.45) is 0 Å². The first-order valence-corrected chi connectivity index (χ1v) is 9.71. The third-order valence-electron chi connectivity index (χ3n) is 5.13. The van der Waals surface area contributed by atoms with Crippen LogP contribution in [0.5, 0.6) is 0 Å². The molecule has 0 saturated carbocycles. The zero-order valence-electron chi connectivity index (χ0n) is 15.1. The average molecular weight is 363 g/mol. The first-order chi connectivity index (χ1) is 12.0. The monoisotopic (exact) mass is 363 g/mol. The molecular weight excluding hydrogens is 326 g/mol. The van der Waals surface area contributed by atoms with E-state index in [0.717, 1.165) is 44.9 Å². The van der Waals surface area contributed by atoms with Crippen molar-refractivity contribution in [1.82, 2.24) is 5.32 Å². The summed E-state index contributed by atoms with van der Waals surface area (Å²) in [7, 11) is 0. The van der Waals surface area contributed by atoms with Crippen molar-refractivity contribution in [1.29, 1.82) is 0 Å². The lowest BCUT2D eigenvalue weighted by atomic mass is 9.98. The summed E-state index contributed by atoms with van der Waals surface area (Å²) in [5, 5.41) is 60.2. The molecule has 0 aliphatic carbocycles. The smallest absolute Gasteiger partial charge is 0.0993 e. The topological polar surface area (TPSA) is 133 Å². The molecule has 1 aliphatic rings. The molecule has 0 amide bonds. The summed E-state index contributed by atoms with van der Waals surface area (Å²) in [4.78, 5) is 0. The molecule has 0 spiro atoms. The predicted molar refractivity (Wildman–Crippen MR) is 95.1 cm³/mol. The van der Waals surface area contributed by atoms with Crippen LogP contribution in [-0.2, 0) is 0 Å². The van der Waals surface area contributed by atoms with E-state index < -0.39 is 30.4 Å². The molecule has 150 valence electrons. The van der Waals surface area contributed by atoms with Crippen LogP contribution in [0.2, 0.25) is 0 Å². The van der Waals surface area contributed by atoms with Gasteiger partial charge < -0.3 is 36.0 Å². The molecule has 1 fully saturated rings. The minimum Gasteiger partial charge on any atom is -0.396 e. The summed E-state index contributed by atoms with van der Waals surface area (Å²) >= 11 is 0. The Bertz CT molecular complexity index is 333. The lowest BCUT2D eigenvalue weighted by Gasteiger charge is -2.22. The van der Waals surface area contributed by atoms with Crippen LogP contribution in [0.25, 0.3) is 0 Å². The zero-order valence-corrected chi connectivity index (χ0v) is 15.1. The molecule has 0 unspecified atom stereocenters. The number of unbranched alkanes of at least 4 members (excludes halogenated alkanes) is 5. The van der Waals surface area contributed by atoms with E-state index >= 15 is 0 Å². The van der Waals surface area contributed by atoms with Gasteiger partial charge in [-0.3, -0.25) is 0 Å². The van der Waals surface area contributed by atoms with Crippen molar-refractivity contribution in [2.45, 2.75) is 101 Å². The minimum absolute atomic E-state index is 0.135. The van der Waals surface area contributed by atoms with Crippen LogP contribution >= 0.6 is 0 Å². The van der Waals surface area contributed by atoms with Crippen molar-refractivity contribution in [2.75, 3.05) is 13.2 Å². The van der Waals surface area contributed by atoms with Gasteiger partial charge in [0.05, 0.1) is 43.1 Å². The predicted octanol–water partition coefficient (Wildman–Crippen LogP) is -0.344. The molecule has 0 aromatic rings. The van der Waals surface area contributed by atoms with Crippen molar-refractivity contribution in [3.63, 3.8) is 0 Å². The number of hydrogen-bond acceptors (Lipinski definition) is 7. The SMILES string of the molecule is OCCC[C@@H](O)CCCCCCCC[C@@H](O)[C@@H]1N[C@@H](CO)[C@H](O)[C@H]1O. The van der Waals surface area contributed by atoms with Gasteiger partial charge >= 0.3 is 0 Å². The Morgan fingerprint density at radius 1 is 0.720 bits per heavy atom. The van der Waals surface area contributed by atoms with E-state index in [0.29, 0.717) is 19.3 Å². The van der Waals surface area contributed by atoms with E-state index in [2.05, 4.69) is 5.32 Å². The second-order valence-electron chi connectivity index (χ2n) is 7.25. The van der Waals surface area contributed by atoms with Gasteiger partial charge in [-0.15, -0.1) is 0 Å². The van der Waals surface area contributed by atoms with Gasteiger partial charge in [0.25, 0.3) is 0 Å². The fourth-order valence-corrected chi connectivity index (χ4v) is 3.49. The summed E-state index contributed by atoms with van der Waals surface area (Å²) < 4.78 is 0. The Kier molecular flexibility index (Phi) is 11.8. The van der Waals surface area contributed by atoms with Gasteiger partial charge in [0, 0.05) is 6.61 Å². The highest BCUT2D eigenvalue weighted by Gasteiger charge is 2.43. The number of nitrogens with one attached hydrogen (secondary N) is 1. The Labute approximate surface area is 150 Å². The molecule has 7 nitrogen and oxygen atoms in total. The van der Waals surface area contributed by atoms with E-state index in [9.17, 15) is 20.4 Å². The maximum Gasteiger partial charge on any atom is 0.0993 e. The number of aliphatic hydroxyl groups is 6. The molecule has 1 saturated heterocycles. The highest BCUT2D eigenvalue weighted by molar-refractivity contribution is 5.00. The first-order valence-electron chi connectivity index (χ1n) is 9.71. The molecule has 7 N–H and O–H groups in total. The fraction of sp³-hybridized carbons (Fsp3) is 1.00. The Morgan fingerprint density at radius 3 is 1.84 bits per heavy atom. The molecule has 0 bridgehead atoms. The molecular formula is C18H37NO6. The summed E-state index contributed by atoms with van der Waals surface area (Å²) in [6.07, 6.45) is 5.63. The van der Waals surface area contributed by atoms with Crippen molar-refractivity contribution in [3.8, 4) is 0 Å². The standard InChI is InChI=1S/C18H37NO6/c20-11-7-9-13(22)8-5-3-1-2-4-6-10-15(23)16-18(25)17(24)14(12-21)19-16/h13-25H,1-12H2/t13-,14-,15+,16-,17-,18-/m0/s1. The molecule has 0 aromatic heterocycles. The third kappa shape index (κ3) is 8.30. The Morgan fingerprint density at radius 2 is 1.28 bits per heavy atom. The highest BCUT2D eigenvalue weighted by atomic mass is 16.3. The molecule has 7 heteroatoms. The first kappa shape index (κ1) is 22.8. The van der Waals surface area contributed by atoms with E-state index in [1.54, 1.807) is 0 Å². The fourth-order valence-electron chi connectivity index (χ4n) is 3.49. The average Bonchev–Trinajstić information content (AvgIpc) is 2.90. The van der Waals surface area contributed by atoms with E-state index in [4.69, 9.17) is 10.2 Å². The molecule has 0 radical (unpaired) electrons. The van der Waals surface area contributed by atoms with Gasteiger partial charge in [0.15, 0.2) is 0 Å². The molecule has 25 heavy (non-hydrogen) atoms. The summed E-state index contributed by atoms with van der Waals surface area (Å²) in [6, 6.07) is -1.17. The Balaban J connectivity index is 2.01. The van der Waals surface area contributed by atoms with Crippen LogP contribution in [0.15, 0.2) is 0 Å². The summed E-state index contributed by atoms with van der Waals surface area (Å²) in [5.41, 5.74) is 0. The van der Waals surface area contributed by atoms with Gasteiger partial charge in [-0.2, -0.15) is 0 Å². The quantitative estimate of drug-likeness (QED) is 0.210. The minimum atomic E-state index is -1.05. The van der Waals surface area contributed by atoms with Crippen LogP contribution in [0.4, 0.5) is 0 Å². The van der Waals surface area contributed by atoms with Crippen LogP contribution in [0, 0.1) is 0 Å².